The number of hydrogen-bond donors (Lipinski definition) is 3. The van der Waals surface area contributed by atoms with Crippen LogP contribution >= 0.6 is 0 Å². The maximum absolute atomic E-state index is 11.6. The van der Waals surface area contributed by atoms with Crippen molar-refractivity contribution in [2.45, 2.75) is 18.7 Å². The van der Waals surface area contributed by atoms with Gasteiger partial charge in [0.05, 0.1) is 12.1 Å². The standard InChI is InChI=1S/C16H21N3O3/c1-22-10-16(21)18-14-8-19(9-15(14)20)7-11-6-17-13-5-3-2-4-12(11)13/h2-6,14-15,17,20H,7-10H2,1H3,(H,18,21)/t14-,15-/m1/s1. The highest BCUT2D eigenvalue weighted by atomic mass is 16.5. The topological polar surface area (TPSA) is 77.6 Å². The molecule has 1 aromatic heterocycles. The molecule has 0 aliphatic carbocycles. The van der Waals surface area contributed by atoms with E-state index in [1.807, 2.05) is 24.4 Å². The van der Waals surface area contributed by atoms with Crippen LogP contribution in [0.5, 0.6) is 0 Å². The number of H-pyrrole nitrogens is 1. The van der Waals surface area contributed by atoms with Crippen molar-refractivity contribution >= 4 is 16.8 Å². The van der Waals surface area contributed by atoms with E-state index in [9.17, 15) is 9.90 Å². The summed E-state index contributed by atoms with van der Waals surface area (Å²) in [6, 6.07) is 7.92. The van der Waals surface area contributed by atoms with Gasteiger partial charge in [-0.25, -0.2) is 0 Å². The molecule has 6 nitrogen and oxygen atoms in total. The fraction of sp³-hybridized carbons (Fsp3) is 0.438. The molecule has 1 fully saturated rings. The highest BCUT2D eigenvalue weighted by Gasteiger charge is 2.32. The highest BCUT2D eigenvalue weighted by Crippen LogP contribution is 2.21. The van der Waals surface area contributed by atoms with Crippen molar-refractivity contribution in [3.63, 3.8) is 0 Å². The molecule has 3 N–H and O–H groups in total. The number of ether oxygens (including phenoxy) is 1. The normalized spacial score (nSPS) is 22.3. The molecule has 0 unspecified atom stereocenters. The maximum Gasteiger partial charge on any atom is 0.246 e. The van der Waals surface area contributed by atoms with Gasteiger partial charge in [0.15, 0.2) is 0 Å². The third-order valence-electron chi connectivity index (χ3n) is 4.06. The third kappa shape index (κ3) is 3.14. The minimum absolute atomic E-state index is 0.0195. The number of likely N-dealkylation sites (tertiary alicyclic amines) is 1. The van der Waals surface area contributed by atoms with Gasteiger partial charge in [-0.3, -0.25) is 9.69 Å². The van der Waals surface area contributed by atoms with Crippen LogP contribution in [0.25, 0.3) is 10.9 Å². The number of aliphatic hydroxyl groups excluding tert-OH is 1. The SMILES string of the molecule is COCC(=O)N[C@@H]1CN(Cc2c[nH]c3ccccc23)C[C@H]1O. The van der Waals surface area contributed by atoms with E-state index < -0.39 is 6.10 Å². The predicted octanol–water partition coefficient (Wildman–Crippen LogP) is 0.476. The molecular formula is C16H21N3O3. The van der Waals surface area contributed by atoms with E-state index in [-0.39, 0.29) is 18.6 Å². The van der Waals surface area contributed by atoms with E-state index in [1.54, 1.807) is 0 Å². The van der Waals surface area contributed by atoms with E-state index in [2.05, 4.69) is 21.3 Å². The molecule has 118 valence electrons. The zero-order valence-corrected chi connectivity index (χ0v) is 12.6. The summed E-state index contributed by atoms with van der Waals surface area (Å²) in [4.78, 5) is 17.0. The van der Waals surface area contributed by atoms with Gasteiger partial charge in [0.25, 0.3) is 0 Å². The Bertz CT molecular complexity index is 655. The summed E-state index contributed by atoms with van der Waals surface area (Å²) in [5, 5.41) is 14.1. The van der Waals surface area contributed by atoms with Gasteiger partial charge >= 0.3 is 0 Å². The molecule has 2 aromatic rings. The molecule has 0 radical (unpaired) electrons. The lowest BCUT2D eigenvalue weighted by Gasteiger charge is -2.16. The Hall–Kier alpha value is -1.89. The van der Waals surface area contributed by atoms with Crippen molar-refractivity contribution in [2.24, 2.45) is 0 Å². The summed E-state index contributed by atoms with van der Waals surface area (Å²) in [6.07, 6.45) is 1.46. The quantitative estimate of drug-likeness (QED) is 0.750. The van der Waals surface area contributed by atoms with Crippen molar-refractivity contribution in [3.05, 3.63) is 36.0 Å². The molecular weight excluding hydrogens is 282 g/mol. The molecule has 2 heterocycles. The Labute approximate surface area is 129 Å². The summed E-state index contributed by atoms with van der Waals surface area (Å²) in [6.45, 7) is 1.96. The minimum atomic E-state index is -0.550. The van der Waals surface area contributed by atoms with Gasteiger partial charge in [-0.15, -0.1) is 0 Å². The Morgan fingerprint density at radius 3 is 3.09 bits per heavy atom. The molecule has 22 heavy (non-hydrogen) atoms. The van der Waals surface area contributed by atoms with Gasteiger partial charge in [-0.2, -0.15) is 0 Å². The number of aromatic nitrogens is 1. The number of β-amino-alcohol motifs (C(OH)–C–C–N with tert-alkyl or cyclic N) is 1. The predicted molar refractivity (Wildman–Crippen MR) is 83.4 cm³/mol. The zero-order chi connectivity index (χ0) is 15.5. The molecule has 1 aliphatic rings. The van der Waals surface area contributed by atoms with Crippen molar-refractivity contribution in [1.82, 2.24) is 15.2 Å². The Morgan fingerprint density at radius 1 is 1.45 bits per heavy atom. The number of fused-ring (bicyclic) bond motifs is 1. The van der Waals surface area contributed by atoms with Crippen LogP contribution in [-0.2, 0) is 16.1 Å². The second-order valence-electron chi connectivity index (χ2n) is 5.73. The number of nitrogens with zero attached hydrogens (tertiary/aromatic N) is 1. The molecule has 0 saturated carbocycles. The lowest BCUT2D eigenvalue weighted by atomic mass is 10.1. The van der Waals surface area contributed by atoms with Crippen molar-refractivity contribution in [3.8, 4) is 0 Å². The number of para-hydroxylation sites is 1. The first kappa shape index (κ1) is 15.0. The minimum Gasteiger partial charge on any atom is -0.390 e. The first-order valence-electron chi connectivity index (χ1n) is 7.41. The van der Waals surface area contributed by atoms with Gasteiger partial charge in [-0.1, -0.05) is 18.2 Å². The van der Waals surface area contributed by atoms with Crippen LogP contribution in [0.15, 0.2) is 30.5 Å². The molecule has 0 bridgehead atoms. The summed E-state index contributed by atoms with van der Waals surface area (Å²) in [7, 11) is 1.48. The first-order chi connectivity index (χ1) is 10.7. The Kier molecular flexibility index (Phi) is 4.42. The van der Waals surface area contributed by atoms with Crippen LogP contribution in [0.2, 0.25) is 0 Å². The summed E-state index contributed by atoms with van der Waals surface area (Å²) in [5.41, 5.74) is 2.31. The van der Waals surface area contributed by atoms with Crippen LogP contribution in [-0.4, -0.2) is 59.8 Å². The molecule has 3 rings (SSSR count). The van der Waals surface area contributed by atoms with Crippen LogP contribution in [0.1, 0.15) is 5.56 Å². The number of aliphatic hydroxyl groups is 1. The first-order valence-corrected chi connectivity index (χ1v) is 7.41. The zero-order valence-electron chi connectivity index (χ0n) is 12.6. The number of rotatable bonds is 5. The number of aromatic amines is 1. The van der Waals surface area contributed by atoms with E-state index >= 15 is 0 Å². The summed E-state index contributed by atoms with van der Waals surface area (Å²) >= 11 is 0. The van der Waals surface area contributed by atoms with Crippen molar-refractivity contribution in [1.29, 1.82) is 0 Å². The largest absolute Gasteiger partial charge is 0.390 e. The number of hydrogen-bond acceptors (Lipinski definition) is 4. The molecule has 2 atom stereocenters. The van der Waals surface area contributed by atoms with Gasteiger partial charge in [0.2, 0.25) is 5.91 Å². The number of methoxy groups -OCH3 is 1. The number of amides is 1. The summed E-state index contributed by atoms with van der Waals surface area (Å²) < 4.78 is 4.80. The average Bonchev–Trinajstić information content (AvgIpc) is 3.05. The van der Waals surface area contributed by atoms with E-state index in [0.29, 0.717) is 13.1 Å². The van der Waals surface area contributed by atoms with Gasteiger partial charge in [-0.05, 0) is 11.6 Å². The number of nitrogens with one attached hydrogen (secondary N) is 2. The number of carbonyl (C=O) groups is 1. The maximum atomic E-state index is 11.6. The van der Waals surface area contributed by atoms with Crippen LogP contribution in [0.3, 0.4) is 0 Å². The Balaban J connectivity index is 1.63. The second-order valence-corrected chi connectivity index (χ2v) is 5.73. The van der Waals surface area contributed by atoms with Crippen LogP contribution < -0.4 is 5.32 Å². The lowest BCUT2D eigenvalue weighted by Crippen LogP contribution is -2.44. The fourth-order valence-corrected chi connectivity index (χ4v) is 3.02. The average molecular weight is 303 g/mol. The third-order valence-corrected chi connectivity index (χ3v) is 4.06. The molecule has 1 aliphatic heterocycles. The van der Waals surface area contributed by atoms with E-state index in [1.165, 1.54) is 18.1 Å². The summed E-state index contributed by atoms with van der Waals surface area (Å²) in [5.74, 6) is -0.194. The smallest absolute Gasteiger partial charge is 0.246 e. The van der Waals surface area contributed by atoms with Gasteiger partial charge in [0, 0.05) is 43.8 Å². The molecule has 6 heteroatoms. The molecule has 1 saturated heterocycles. The van der Waals surface area contributed by atoms with Crippen LogP contribution in [0, 0.1) is 0 Å². The molecule has 1 amide bonds. The van der Waals surface area contributed by atoms with E-state index in [4.69, 9.17) is 4.74 Å². The lowest BCUT2D eigenvalue weighted by molar-refractivity contribution is -0.125. The second kappa shape index (κ2) is 6.48. The van der Waals surface area contributed by atoms with E-state index in [0.717, 1.165) is 12.1 Å². The fourth-order valence-electron chi connectivity index (χ4n) is 3.02. The Morgan fingerprint density at radius 2 is 2.27 bits per heavy atom. The van der Waals surface area contributed by atoms with Gasteiger partial charge < -0.3 is 20.1 Å². The van der Waals surface area contributed by atoms with Crippen molar-refractivity contribution in [2.75, 3.05) is 26.8 Å². The van der Waals surface area contributed by atoms with Crippen LogP contribution in [0.4, 0.5) is 0 Å². The highest BCUT2D eigenvalue weighted by molar-refractivity contribution is 5.83. The van der Waals surface area contributed by atoms with Crippen molar-refractivity contribution < 1.29 is 14.6 Å². The molecule has 1 aromatic carbocycles. The monoisotopic (exact) mass is 303 g/mol. The number of benzene rings is 1. The van der Waals surface area contributed by atoms with Gasteiger partial charge in [0.1, 0.15) is 6.61 Å². The molecule has 0 spiro atoms. The number of carbonyl (C=O) groups excluding carboxylic acids is 1.